The van der Waals surface area contributed by atoms with Gasteiger partial charge in [0.1, 0.15) is 30.2 Å². The molecule has 31 heavy (non-hydrogen) atoms. The van der Waals surface area contributed by atoms with Gasteiger partial charge in [0.25, 0.3) is 0 Å². The van der Waals surface area contributed by atoms with Crippen LogP contribution in [0.1, 0.15) is 38.5 Å². The minimum absolute atomic E-state index is 0.00360. The van der Waals surface area contributed by atoms with E-state index in [9.17, 15) is 35.4 Å². The number of phenols is 2. The molecule has 1 aliphatic heterocycles. The highest BCUT2D eigenvalue weighted by molar-refractivity contribution is 6.16. The quantitative estimate of drug-likeness (QED) is 0.391. The Morgan fingerprint density at radius 1 is 0.968 bits per heavy atom. The lowest BCUT2D eigenvalue weighted by molar-refractivity contribution is -0.232. The van der Waals surface area contributed by atoms with Gasteiger partial charge in [-0.2, -0.15) is 0 Å². The smallest absolute Gasteiger partial charge is 0.201 e. The first-order valence-electron chi connectivity index (χ1n) is 9.79. The molecular weight excluding hydrogens is 408 g/mol. The van der Waals surface area contributed by atoms with Gasteiger partial charge in [-0.3, -0.25) is 4.79 Å². The van der Waals surface area contributed by atoms with Crippen LogP contribution >= 0.6 is 0 Å². The molecule has 0 saturated carbocycles. The molecule has 2 aromatic rings. The largest absolute Gasteiger partial charge is 0.507 e. The van der Waals surface area contributed by atoms with Crippen molar-refractivity contribution < 1.29 is 44.9 Å². The van der Waals surface area contributed by atoms with Crippen LogP contribution in [0, 0.1) is 6.92 Å². The zero-order chi connectivity index (χ0) is 22.6. The summed E-state index contributed by atoms with van der Waals surface area (Å²) in [7, 11) is 1.29. The van der Waals surface area contributed by atoms with Gasteiger partial charge in [-0.15, -0.1) is 0 Å². The Kier molecular flexibility index (Phi) is 5.40. The Bertz CT molecular complexity index is 1030. The molecule has 0 radical (unpaired) electrons. The monoisotopic (exact) mass is 432 g/mol. The molecule has 1 saturated heterocycles. The topological polar surface area (TPSA) is 157 Å². The van der Waals surface area contributed by atoms with Gasteiger partial charge in [0.2, 0.25) is 5.78 Å². The van der Waals surface area contributed by atoms with Gasteiger partial charge in [-0.05, 0) is 35.7 Å². The van der Waals surface area contributed by atoms with E-state index in [-0.39, 0.29) is 28.4 Å². The molecule has 9 heteroatoms. The number of hydrogen-bond donors (Lipinski definition) is 6. The van der Waals surface area contributed by atoms with Crippen LogP contribution in [0.5, 0.6) is 17.2 Å². The molecule has 1 aliphatic carbocycles. The van der Waals surface area contributed by atoms with Gasteiger partial charge in [-0.25, -0.2) is 0 Å². The van der Waals surface area contributed by atoms with Crippen molar-refractivity contribution >= 4 is 5.78 Å². The molecule has 4 rings (SSSR count). The molecule has 1 fully saturated rings. The number of fused-ring (bicyclic) bond motifs is 2. The number of aromatic hydroxyl groups is 2. The third kappa shape index (κ3) is 3.17. The predicted octanol–water partition coefficient (Wildman–Crippen LogP) is -0.0665. The molecule has 0 amide bonds. The number of carbonyl (C=O) groups excluding carboxylic acids is 1. The van der Waals surface area contributed by atoms with Crippen molar-refractivity contribution in [1.29, 1.82) is 0 Å². The van der Waals surface area contributed by atoms with Gasteiger partial charge in [0.15, 0.2) is 11.5 Å². The standard InChI is InChI=1S/C22H24O9/c1-8-5-10-14(22-20(29)19(28)17(26)13(7-23)31-22)9-3-4-11(24)21(30-2)16(9)18(27)15(10)12(25)6-8/h3-6,13-14,17,19-20,22-26,28-29H,7H2,1-2H3/t13-,14-,17-,19+,20-,22+/m1/s1. The van der Waals surface area contributed by atoms with Crippen molar-refractivity contribution in [3.05, 3.63) is 52.1 Å². The number of rotatable bonds is 3. The number of carbonyl (C=O) groups is 1. The van der Waals surface area contributed by atoms with Gasteiger partial charge < -0.3 is 40.1 Å². The highest BCUT2D eigenvalue weighted by atomic mass is 16.5. The van der Waals surface area contributed by atoms with Gasteiger partial charge >= 0.3 is 0 Å². The Morgan fingerprint density at radius 3 is 2.32 bits per heavy atom. The van der Waals surface area contributed by atoms with E-state index in [4.69, 9.17) is 9.47 Å². The molecule has 0 aromatic heterocycles. The summed E-state index contributed by atoms with van der Waals surface area (Å²) >= 11 is 0. The average Bonchev–Trinajstić information content (AvgIpc) is 2.73. The maximum Gasteiger partial charge on any atom is 0.201 e. The molecule has 6 N–H and O–H groups in total. The van der Waals surface area contributed by atoms with Crippen molar-refractivity contribution in [1.82, 2.24) is 0 Å². The second-order valence-corrected chi connectivity index (χ2v) is 7.93. The first-order valence-corrected chi connectivity index (χ1v) is 9.79. The number of hydrogen-bond acceptors (Lipinski definition) is 9. The number of aliphatic hydroxyl groups is 4. The van der Waals surface area contributed by atoms with Crippen molar-refractivity contribution in [2.24, 2.45) is 0 Å². The van der Waals surface area contributed by atoms with Crippen LogP contribution in [0.3, 0.4) is 0 Å². The molecule has 166 valence electrons. The number of aryl methyl sites for hydroxylation is 1. The normalized spacial score (nSPS) is 29.9. The molecule has 9 nitrogen and oxygen atoms in total. The second kappa shape index (κ2) is 7.77. The summed E-state index contributed by atoms with van der Waals surface area (Å²) < 4.78 is 11.0. The summed E-state index contributed by atoms with van der Waals surface area (Å²) in [6.45, 7) is 1.12. The SMILES string of the molecule is COc1c(O)ccc2c1C(=O)c1c(O)cc(C)cc1[C@@H]2[C@@H]1O[C@H](CO)[C@@H](O)[C@H](O)[C@H]1O. The average molecular weight is 432 g/mol. The van der Waals surface area contributed by atoms with Crippen molar-refractivity contribution in [2.75, 3.05) is 13.7 Å². The summed E-state index contributed by atoms with van der Waals surface area (Å²) in [5.41, 5.74) is 1.31. The fourth-order valence-electron chi connectivity index (χ4n) is 4.63. The van der Waals surface area contributed by atoms with Gasteiger partial charge in [0.05, 0.1) is 30.9 Å². The van der Waals surface area contributed by atoms with Crippen molar-refractivity contribution in [3.63, 3.8) is 0 Å². The van der Waals surface area contributed by atoms with E-state index >= 15 is 0 Å². The summed E-state index contributed by atoms with van der Waals surface area (Å²) in [6, 6.07) is 5.91. The number of ketones is 1. The Hall–Kier alpha value is -2.69. The number of ether oxygens (including phenoxy) is 2. The lowest BCUT2D eigenvalue weighted by Gasteiger charge is -2.45. The van der Waals surface area contributed by atoms with E-state index in [0.29, 0.717) is 16.7 Å². The summed E-state index contributed by atoms with van der Waals surface area (Å²) in [5.74, 6) is -2.11. The number of methoxy groups -OCH3 is 1. The molecule has 6 atom stereocenters. The lowest BCUT2D eigenvalue weighted by Crippen LogP contribution is -2.60. The molecule has 0 spiro atoms. The first-order chi connectivity index (χ1) is 14.7. The first kappa shape index (κ1) is 21.5. The Balaban J connectivity index is 1.99. The van der Waals surface area contributed by atoms with E-state index in [2.05, 4.69) is 0 Å². The van der Waals surface area contributed by atoms with Crippen LogP contribution in [-0.4, -0.2) is 80.7 Å². The van der Waals surface area contributed by atoms with Crippen LogP contribution in [0.25, 0.3) is 0 Å². The third-order valence-corrected chi connectivity index (χ3v) is 6.05. The van der Waals surface area contributed by atoms with Crippen LogP contribution in [0.15, 0.2) is 24.3 Å². The molecule has 1 heterocycles. The van der Waals surface area contributed by atoms with Crippen molar-refractivity contribution in [3.8, 4) is 17.2 Å². The molecule has 0 unspecified atom stereocenters. The second-order valence-electron chi connectivity index (χ2n) is 7.93. The van der Waals surface area contributed by atoms with E-state index in [1.54, 1.807) is 13.0 Å². The molecule has 2 aromatic carbocycles. The van der Waals surface area contributed by atoms with Crippen LogP contribution < -0.4 is 4.74 Å². The summed E-state index contributed by atoms with van der Waals surface area (Å²) in [4.78, 5) is 13.3. The lowest BCUT2D eigenvalue weighted by atomic mass is 9.71. The Morgan fingerprint density at radius 2 is 1.68 bits per heavy atom. The molecule has 2 aliphatic rings. The Labute approximate surface area is 177 Å². The zero-order valence-corrected chi connectivity index (χ0v) is 16.9. The van der Waals surface area contributed by atoms with Crippen molar-refractivity contribution in [2.45, 2.75) is 43.4 Å². The van der Waals surface area contributed by atoms with E-state index in [1.165, 1.54) is 25.3 Å². The maximum atomic E-state index is 13.3. The summed E-state index contributed by atoms with van der Waals surface area (Å²) in [6.07, 6.45) is -7.06. The minimum atomic E-state index is -1.61. The van der Waals surface area contributed by atoms with E-state index in [1.807, 2.05) is 0 Å². The van der Waals surface area contributed by atoms with Gasteiger partial charge in [-0.1, -0.05) is 12.1 Å². The van der Waals surface area contributed by atoms with Crippen LogP contribution in [0.4, 0.5) is 0 Å². The fraction of sp³-hybridized carbons (Fsp3) is 0.409. The number of phenolic OH excluding ortho intramolecular Hbond substituents is 2. The molecular formula is C22H24O9. The number of benzene rings is 2. The molecule has 0 bridgehead atoms. The fourth-order valence-corrected chi connectivity index (χ4v) is 4.63. The maximum absolute atomic E-state index is 13.3. The number of aliphatic hydroxyl groups excluding tert-OH is 4. The highest BCUT2D eigenvalue weighted by Crippen LogP contribution is 2.49. The zero-order valence-electron chi connectivity index (χ0n) is 16.9. The van der Waals surface area contributed by atoms with Crippen LogP contribution in [-0.2, 0) is 4.74 Å². The van der Waals surface area contributed by atoms with E-state index in [0.717, 1.165) is 0 Å². The third-order valence-electron chi connectivity index (χ3n) is 6.05. The summed E-state index contributed by atoms with van der Waals surface area (Å²) in [5, 5.41) is 61.7. The van der Waals surface area contributed by atoms with E-state index < -0.39 is 48.8 Å². The van der Waals surface area contributed by atoms with Gasteiger partial charge in [0, 0.05) is 5.92 Å². The minimum Gasteiger partial charge on any atom is -0.507 e. The predicted molar refractivity (Wildman–Crippen MR) is 107 cm³/mol. The highest BCUT2D eigenvalue weighted by Gasteiger charge is 2.50. The van der Waals surface area contributed by atoms with Crippen LogP contribution in [0.2, 0.25) is 0 Å².